The Morgan fingerprint density at radius 1 is 0.974 bits per heavy atom. The molecule has 2 heterocycles. The number of aryl methyl sites for hydroxylation is 2. The number of imidazole rings is 1. The van der Waals surface area contributed by atoms with Gasteiger partial charge in [0.25, 0.3) is 0 Å². The Morgan fingerprint density at radius 2 is 1.79 bits per heavy atom. The fourth-order valence-electron chi connectivity index (χ4n) is 6.50. The Balaban J connectivity index is 1.49. The zero-order chi connectivity index (χ0) is 26.7. The van der Waals surface area contributed by atoms with Gasteiger partial charge in [-0.1, -0.05) is 75.2 Å². The van der Waals surface area contributed by atoms with Crippen LogP contribution in [0.1, 0.15) is 81.8 Å². The van der Waals surface area contributed by atoms with Gasteiger partial charge >= 0.3 is 0 Å². The summed E-state index contributed by atoms with van der Waals surface area (Å²) in [5.41, 5.74) is 9.18. The molecule has 0 N–H and O–H groups in total. The zero-order valence-electron chi connectivity index (χ0n) is 24.2. The SMILES string of the molecule is CCCCN(Cc1cccc(C)c1)c1ccc2nc(C)c(C34C=CCC(N(CCC)CCC)=CC3C4)n2c1. The Labute approximate surface area is 230 Å². The summed E-state index contributed by atoms with van der Waals surface area (Å²) in [5.74, 6) is 0.554. The van der Waals surface area contributed by atoms with Gasteiger partial charge in [-0.15, -0.1) is 0 Å². The van der Waals surface area contributed by atoms with Gasteiger partial charge in [0.05, 0.1) is 17.1 Å². The van der Waals surface area contributed by atoms with Gasteiger partial charge in [0.1, 0.15) is 5.65 Å². The lowest BCUT2D eigenvalue weighted by Gasteiger charge is -2.26. The molecule has 0 amide bonds. The van der Waals surface area contributed by atoms with Crippen LogP contribution in [0.4, 0.5) is 5.69 Å². The first-order valence-corrected chi connectivity index (χ1v) is 14.9. The number of nitrogens with zero attached hydrogens (tertiary/aromatic N) is 4. The Bertz CT molecular complexity index is 1310. The highest BCUT2D eigenvalue weighted by atomic mass is 15.2. The van der Waals surface area contributed by atoms with Crippen molar-refractivity contribution in [2.45, 2.75) is 85.1 Å². The Kier molecular flexibility index (Phi) is 7.97. The maximum atomic E-state index is 5.04. The van der Waals surface area contributed by atoms with Crippen LogP contribution in [0.15, 0.2) is 66.5 Å². The monoisotopic (exact) mass is 510 g/mol. The van der Waals surface area contributed by atoms with Crippen molar-refractivity contribution in [3.05, 3.63) is 89.0 Å². The van der Waals surface area contributed by atoms with E-state index in [0.29, 0.717) is 5.92 Å². The number of hydrogen-bond acceptors (Lipinski definition) is 3. The van der Waals surface area contributed by atoms with Gasteiger partial charge in [-0.2, -0.15) is 0 Å². The maximum absolute atomic E-state index is 5.04. The molecule has 2 aliphatic rings. The van der Waals surface area contributed by atoms with Gasteiger partial charge in [0.2, 0.25) is 0 Å². The number of benzene rings is 1. The highest BCUT2D eigenvalue weighted by Gasteiger charge is 2.55. The smallest absolute Gasteiger partial charge is 0.137 e. The van der Waals surface area contributed by atoms with Crippen molar-refractivity contribution in [1.82, 2.24) is 14.3 Å². The van der Waals surface area contributed by atoms with Crippen molar-refractivity contribution in [3.8, 4) is 0 Å². The van der Waals surface area contributed by atoms with Crippen molar-refractivity contribution in [3.63, 3.8) is 0 Å². The molecule has 0 spiro atoms. The average molecular weight is 511 g/mol. The van der Waals surface area contributed by atoms with E-state index in [1.807, 2.05) is 0 Å². The van der Waals surface area contributed by atoms with E-state index >= 15 is 0 Å². The van der Waals surface area contributed by atoms with Gasteiger partial charge in [-0.25, -0.2) is 4.98 Å². The first kappa shape index (κ1) is 26.6. The van der Waals surface area contributed by atoms with Gasteiger partial charge in [0, 0.05) is 49.9 Å². The van der Waals surface area contributed by atoms with Crippen LogP contribution < -0.4 is 4.90 Å². The molecule has 0 saturated heterocycles. The summed E-state index contributed by atoms with van der Waals surface area (Å²) in [6.45, 7) is 15.5. The molecule has 0 bridgehead atoms. The van der Waals surface area contributed by atoms with Crippen LogP contribution in [-0.2, 0) is 12.0 Å². The van der Waals surface area contributed by atoms with Crippen LogP contribution in [0, 0.1) is 19.8 Å². The molecule has 3 aromatic rings. The third-order valence-corrected chi connectivity index (χ3v) is 8.41. The summed E-state index contributed by atoms with van der Waals surface area (Å²) in [6.07, 6.45) is 16.9. The Hall–Kier alpha value is -3.01. The normalized spacial score (nSPS) is 20.2. The zero-order valence-corrected chi connectivity index (χ0v) is 24.2. The fraction of sp³-hybridized carbons (Fsp3) is 0.500. The van der Waals surface area contributed by atoms with E-state index < -0.39 is 0 Å². The summed E-state index contributed by atoms with van der Waals surface area (Å²) in [7, 11) is 0. The second-order valence-electron chi connectivity index (χ2n) is 11.5. The average Bonchev–Trinajstić information content (AvgIpc) is 3.51. The second kappa shape index (κ2) is 11.4. The van der Waals surface area contributed by atoms with Crippen LogP contribution in [0.2, 0.25) is 0 Å². The molecule has 202 valence electrons. The lowest BCUT2D eigenvalue weighted by molar-refractivity contribution is 0.337. The van der Waals surface area contributed by atoms with E-state index in [-0.39, 0.29) is 5.41 Å². The van der Waals surface area contributed by atoms with Crippen molar-refractivity contribution in [2.24, 2.45) is 5.92 Å². The first-order chi connectivity index (χ1) is 18.5. The summed E-state index contributed by atoms with van der Waals surface area (Å²) < 4.78 is 2.42. The summed E-state index contributed by atoms with van der Waals surface area (Å²) in [6, 6.07) is 13.4. The number of pyridine rings is 1. The topological polar surface area (TPSA) is 23.8 Å². The molecule has 1 saturated carbocycles. The van der Waals surface area contributed by atoms with E-state index in [1.54, 1.807) is 0 Å². The quantitative estimate of drug-likeness (QED) is 0.231. The summed E-state index contributed by atoms with van der Waals surface area (Å²) in [5, 5.41) is 0. The van der Waals surface area contributed by atoms with E-state index in [0.717, 1.165) is 38.2 Å². The van der Waals surface area contributed by atoms with E-state index in [2.05, 4.69) is 110 Å². The second-order valence-corrected chi connectivity index (χ2v) is 11.5. The number of allylic oxidation sites excluding steroid dienone is 3. The minimum absolute atomic E-state index is 0.0682. The standard InChI is InChI=1S/C34H46N4/c1-6-9-20-37(24-28-13-10-12-26(4)21-28)31-15-16-32-35-27(5)33(38(32)25-31)34-17-11-14-30(22-29(34)23-34)36(18-7-2)19-8-3/h10-13,15-17,21-22,25,29H,6-9,14,18-20,23-24H2,1-5H3. The minimum Gasteiger partial charge on any atom is -0.375 e. The third-order valence-electron chi connectivity index (χ3n) is 8.41. The number of aromatic nitrogens is 2. The number of fused-ring (bicyclic) bond motifs is 2. The van der Waals surface area contributed by atoms with Crippen LogP contribution >= 0.6 is 0 Å². The highest BCUT2D eigenvalue weighted by molar-refractivity contribution is 5.57. The molecular formula is C34H46N4. The van der Waals surface area contributed by atoms with Crippen LogP contribution in [0.5, 0.6) is 0 Å². The van der Waals surface area contributed by atoms with Gasteiger partial charge in [-0.05, 0) is 63.1 Å². The molecule has 4 heteroatoms. The van der Waals surface area contributed by atoms with Crippen molar-refractivity contribution in [2.75, 3.05) is 24.5 Å². The van der Waals surface area contributed by atoms with Crippen molar-refractivity contribution < 1.29 is 0 Å². The minimum atomic E-state index is 0.0682. The van der Waals surface area contributed by atoms with Crippen LogP contribution in [0.3, 0.4) is 0 Å². The lowest BCUT2D eigenvalue weighted by Crippen LogP contribution is -2.24. The number of unbranched alkanes of at least 4 members (excludes halogenated alkanes) is 1. The highest BCUT2D eigenvalue weighted by Crippen LogP contribution is 2.58. The van der Waals surface area contributed by atoms with Crippen LogP contribution in [0.25, 0.3) is 5.65 Å². The molecular weight excluding hydrogens is 464 g/mol. The largest absolute Gasteiger partial charge is 0.375 e. The van der Waals surface area contributed by atoms with E-state index in [1.165, 1.54) is 66.0 Å². The van der Waals surface area contributed by atoms with E-state index in [4.69, 9.17) is 4.98 Å². The number of anilines is 1. The third kappa shape index (κ3) is 5.28. The molecule has 1 fully saturated rings. The Morgan fingerprint density at radius 3 is 2.53 bits per heavy atom. The van der Waals surface area contributed by atoms with Crippen LogP contribution in [-0.4, -0.2) is 33.9 Å². The molecule has 2 aromatic heterocycles. The molecule has 38 heavy (non-hydrogen) atoms. The van der Waals surface area contributed by atoms with E-state index in [9.17, 15) is 0 Å². The van der Waals surface area contributed by atoms with Gasteiger partial charge in [0.15, 0.2) is 0 Å². The fourth-order valence-corrected chi connectivity index (χ4v) is 6.50. The summed E-state index contributed by atoms with van der Waals surface area (Å²) >= 11 is 0. The van der Waals surface area contributed by atoms with Gasteiger partial charge < -0.3 is 14.2 Å². The molecule has 0 radical (unpaired) electrons. The first-order valence-electron chi connectivity index (χ1n) is 14.9. The molecule has 2 unspecified atom stereocenters. The molecule has 2 aliphatic carbocycles. The lowest BCUT2D eigenvalue weighted by atomic mass is 9.97. The predicted octanol–water partition coefficient (Wildman–Crippen LogP) is 7.98. The summed E-state index contributed by atoms with van der Waals surface area (Å²) in [4.78, 5) is 10.2. The molecule has 0 aliphatic heterocycles. The van der Waals surface area contributed by atoms with Gasteiger partial charge in [-0.3, -0.25) is 0 Å². The number of hydrogen-bond donors (Lipinski definition) is 0. The van der Waals surface area contributed by atoms with Crippen molar-refractivity contribution >= 4 is 11.3 Å². The maximum Gasteiger partial charge on any atom is 0.137 e. The molecule has 5 rings (SSSR count). The molecule has 1 aromatic carbocycles. The predicted molar refractivity (Wildman–Crippen MR) is 161 cm³/mol. The van der Waals surface area contributed by atoms with Crippen molar-refractivity contribution in [1.29, 1.82) is 0 Å². The molecule has 2 atom stereocenters. The number of rotatable bonds is 12. The molecule has 4 nitrogen and oxygen atoms in total.